The summed E-state index contributed by atoms with van der Waals surface area (Å²) in [5.41, 5.74) is -0.533. The number of carbonyl (C=O) groups is 2. The third kappa shape index (κ3) is 1.49. The molecule has 7 atom stereocenters. The predicted molar refractivity (Wildman–Crippen MR) is 69.1 cm³/mol. The Morgan fingerprint density at radius 1 is 1.38 bits per heavy atom. The first-order valence-electron chi connectivity index (χ1n) is 7.65. The normalized spacial score (nSPS) is 52.3. The fourth-order valence-electron chi connectivity index (χ4n) is 4.68. The van der Waals surface area contributed by atoms with Crippen molar-refractivity contribution in [2.75, 3.05) is 6.61 Å². The van der Waals surface area contributed by atoms with Crippen LogP contribution in [0.3, 0.4) is 0 Å². The molecule has 0 radical (unpaired) electrons. The van der Waals surface area contributed by atoms with Crippen molar-refractivity contribution in [3.8, 4) is 0 Å². The average molecular weight is 291 g/mol. The van der Waals surface area contributed by atoms with Gasteiger partial charge in [0.05, 0.1) is 30.3 Å². The Balaban J connectivity index is 1.37. The molecule has 4 fully saturated rings. The average Bonchev–Trinajstić information content (AvgIpc) is 3.23. The molecule has 6 heteroatoms. The molecule has 5 aliphatic heterocycles. The van der Waals surface area contributed by atoms with E-state index in [0.29, 0.717) is 6.61 Å². The summed E-state index contributed by atoms with van der Waals surface area (Å²) in [6.07, 6.45) is 6.46. The molecule has 5 aliphatic rings. The lowest BCUT2D eigenvalue weighted by Gasteiger charge is -2.27. The highest BCUT2D eigenvalue weighted by Gasteiger charge is 2.68. The number of cyclic esters (lactones) is 1. The van der Waals surface area contributed by atoms with Gasteiger partial charge in [-0.15, -0.1) is 0 Å². The predicted octanol–water partition coefficient (Wildman–Crippen LogP) is -0.0809. The Kier molecular flexibility index (Phi) is 2.24. The third-order valence-corrected chi connectivity index (χ3v) is 5.64. The Morgan fingerprint density at radius 2 is 2.29 bits per heavy atom. The molecule has 1 spiro atoms. The second-order valence-corrected chi connectivity index (χ2v) is 6.75. The Bertz CT molecular complexity index is 560. The van der Waals surface area contributed by atoms with Gasteiger partial charge in [-0.1, -0.05) is 12.2 Å². The van der Waals surface area contributed by atoms with E-state index in [4.69, 9.17) is 14.2 Å². The lowest BCUT2D eigenvalue weighted by atomic mass is 9.73. The van der Waals surface area contributed by atoms with E-state index in [2.05, 4.69) is 5.32 Å². The van der Waals surface area contributed by atoms with Gasteiger partial charge < -0.3 is 19.5 Å². The zero-order valence-corrected chi connectivity index (χ0v) is 11.5. The van der Waals surface area contributed by atoms with Gasteiger partial charge in [-0.2, -0.15) is 0 Å². The van der Waals surface area contributed by atoms with Gasteiger partial charge in [0.1, 0.15) is 18.1 Å². The minimum Gasteiger partial charge on any atom is -0.462 e. The van der Waals surface area contributed by atoms with Gasteiger partial charge in [0.15, 0.2) is 0 Å². The van der Waals surface area contributed by atoms with Crippen LogP contribution in [0.4, 0.5) is 0 Å². The lowest BCUT2D eigenvalue weighted by molar-refractivity contribution is -0.146. The van der Waals surface area contributed by atoms with Crippen LogP contribution in [0.5, 0.6) is 0 Å². The number of hydrogen-bond acceptors (Lipinski definition) is 5. The maximum absolute atomic E-state index is 12.7. The second kappa shape index (κ2) is 3.87. The van der Waals surface area contributed by atoms with Crippen LogP contribution in [-0.4, -0.2) is 48.4 Å². The first-order valence-corrected chi connectivity index (χ1v) is 7.65. The molecule has 1 amide bonds. The first kappa shape index (κ1) is 12.2. The molecular weight excluding hydrogens is 274 g/mol. The third-order valence-electron chi connectivity index (χ3n) is 5.64. The van der Waals surface area contributed by atoms with Crippen LogP contribution < -0.4 is 5.32 Å². The zero-order chi connectivity index (χ0) is 14.2. The fourth-order valence-corrected chi connectivity index (χ4v) is 4.68. The second-order valence-electron chi connectivity index (χ2n) is 6.75. The quantitative estimate of drug-likeness (QED) is 0.569. The number of nitrogens with one attached hydrogen (secondary N) is 1. The van der Waals surface area contributed by atoms with Crippen molar-refractivity contribution in [2.45, 2.75) is 49.2 Å². The maximum Gasteiger partial charge on any atom is 0.313 e. The van der Waals surface area contributed by atoms with E-state index in [0.717, 1.165) is 19.3 Å². The highest BCUT2D eigenvalue weighted by molar-refractivity contribution is 5.89. The molecule has 0 aliphatic carbocycles. The smallest absolute Gasteiger partial charge is 0.313 e. The summed E-state index contributed by atoms with van der Waals surface area (Å²) in [7, 11) is 0. The van der Waals surface area contributed by atoms with Gasteiger partial charge in [0.2, 0.25) is 5.91 Å². The topological polar surface area (TPSA) is 73.9 Å². The van der Waals surface area contributed by atoms with E-state index in [9.17, 15) is 9.59 Å². The number of hydrogen-bond donors (Lipinski definition) is 1. The Labute approximate surface area is 121 Å². The standard InChI is InChI=1S/C15H17NO5/c17-13(16-8-5-7-1-2-9(8)20-7)11-10-3-4-15(21-10)6-19-14(18)12(11)15/h1-2,7-12H,3-6H2,(H,16,17)/t7?,8?,9?,10-,11-,12+,15-/m1/s1. The molecule has 5 heterocycles. The van der Waals surface area contributed by atoms with Crippen LogP contribution in [0.2, 0.25) is 0 Å². The van der Waals surface area contributed by atoms with Crippen molar-refractivity contribution >= 4 is 11.9 Å². The van der Waals surface area contributed by atoms with E-state index >= 15 is 0 Å². The maximum atomic E-state index is 12.7. The SMILES string of the molecule is O=C(NC1CC2C=CC1O2)[C@H]1[C@H]2C(=O)OC[C@]23CC[C@H]1O3. The van der Waals surface area contributed by atoms with Crippen LogP contribution in [0.1, 0.15) is 19.3 Å². The van der Waals surface area contributed by atoms with E-state index in [1.54, 1.807) is 0 Å². The highest BCUT2D eigenvalue weighted by atomic mass is 16.6. The number of amides is 1. The summed E-state index contributed by atoms with van der Waals surface area (Å²) in [6, 6.07) is 0.0139. The molecule has 0 aromatic heterocycles. The summed E-state index contributed by atoms with van der Waals surface area (Å²) >= 11 is 0. The lowest BCUT2D eigenvalue weighted by Crippen LogP contribution is -2.49. The van der Waals surface area contributed by atoms with Crippen molar-refractivity contribution in [3.63, 3.8) is 0 Å². The zero-order valence-electron chi connectivity index (χ0n) is 11.5. The van der Waals surface area contributed by atoms with Crippen LogP contribution >= 0.6 is 0 Å². The summed E-state index contributed by atoms with van der Waals surface area (Å²) in [4.78, 5) is 24.7. The number of esters is 1. The van der Waals surface area contributed by atoms with E-state index in [1.807, 2.05) is 12.2 Å². The minimum absolute atomic E-state index is 0.0139. The van der Waals surface area contributed by atoms with E-state index in [-0.39, 0.29) is 36.2 Å². The molecule has 0 aromatic rings. The number of fused-ring (bicyclic) bond motifs is 3. The molecule has 3 unspecified atom stereocenters. The van der Waals surface area contributed by atoms with Crippen molar-refractivity contribution in [1.29, 1.82) is 0 Å². The van der Waals surface area contributed by atoms with E-state index in [1.165, 1.54) is 0 Å². The monoisotopic (exact) mass is 291 g/mol. The molecular formula is C15H17NO5. The molecule has 0 saturated carbocycles. The highest BCUT2D eigenvalue weighted by Crippen LogP contribution is 2.54. The van der Waals surface area contributed by atoms with Gasteiger partial charge in [-0.05, 0) is 12.8 Å². The van der Waals surface area contributed by atoms with Crippen LogP contribution in [-0.2, 0) is 23.8 Å². The molecule has 4 saturated heterocycles. The van der Waals surface area contributed by atoms with Crippen molar-refractivity contribution in [2.24, 2.45) is 11.8 Å². The summed E-state index contributed by atoms with van der Waals surface area (Å²) in [5.74, 6) is -1.19. The van der Waals surface area contributed by atoms with E-state index < -0.39 is 17.4 Å². The molecule has 21 heavy (non-hydrogen) atoms. The van der Waals surface area contributed by atoms with Crippen LogP contribution in [0, 0.1) is 11.8 Å². The summed E-state index contributed by atoms with van der Waals surface area (Å²) < 4.78 is 16.8. The van der Waals surface area contributed by atoms with Gasteiger partial charge in [0, 0.05) is 6.42 Å². The van der Waals surface area contributed by atoms with Crippen molar-refractivity contribution in [1.82, 2.24) is 5.32 Å². The van der Waals surface area contributed by atoms with Crippen molar-refractivity contribution in [3.05, 3.63) is 12.2 Å². The van der Waals surface area contributed by atoms with Crippen LogP contribution in [0.25, 0.3) is 0 Å². The molecule has 1 N–H and O–H groups in total. The van der Waals surface area contributed by atoms with Gasteiger partial charge >= 0.3 is 5.97 Å². The van der Waals surface area contributed by atoms with Gasteiger partial charge in [-0.25, -0.2) is 0 Å². The summed E-state index contributed by atoms with van der Waals surface area (Å²) in [5, 5.41) is 3.06. The number of ether oxygens (including phenoxy) is 3. The number of carbonyl (C=O) groups excluding carboxylic acids is 2. The molecule has 6 nitrogen and oxygen atoms in total. The largest absolute Gasteiger partial charge is 0.462 e. The molecule has 0 aromatic carbocycles. The van der Waals surface area contributed by atoms with Gasteiger partial charge in [-0.3, -0.25) is 9.59 Å². The van der Waals surface area contributed by atoms with Crippen molar-refractivity contribution < 1.29 is 23.8 Å². The molecule has 5 rings (SSSR count). The fraction of sp³-hybridized carbons (Fsp3) is 0.733. The number of rotatable bonds is 2. The summed E-state index contributed by atoms with van der Waals surface area (Å²) in [6.45, 7) is 0.302. The van der Waals surface area contributed by atoms with Gasteiger partial charge in [0.25, 0.3) is 0 Å². The molecule has 4 bridgehead atoms. The first-order chi connectivity index (χ1) is 10.2. The Hall–Kier alpha value is -1.40. The molecule has 112 valence electrons. The van der Waals surface area contributed by atoms with Crippen LogP contribution in [0.15, 0.2) is 12.2 Å². The minimum atomic E-state index is -0.533. The Morgan fingerprint density at radius 3 is 3.05 bits per heavy atom.